The minimum absolute atomic E-state index is 0.173. The lowest BCUT2D eigenvalue weighted by Gasteiger charge is -2.29. The topological polar surface area (TPSA) is 54.5 Å². The van der Waals surface area contributed by atoms with Crippen LogP contribution in [-0.2, 0) is 6.61 Å². The third kappa shape index (κ3) is 5.13. The van der Waals surface area contributed by atoms with Crippen molar-refractivity contribution in [2.24, 2.45) is 0 Å². The molecule has 148 valence electrons. The monoisotopic (exact) mass is 387 g/mol. The predicted molar refractivity (Wildman–Crippen MR) is 115 cm³/mol. The number of hydrogen-bond acceptors (Lipinski definition) is 4. The number of hydrogen-bond donors (Lipinski definition) is 1. The van der Waals surface area contributed by atoms with Gasteiger partial charge in [-0.2, -0.15) is 0 Å². The molecule has 0 unspecified atom stereocenters. The molecule has 5 nitrogen and oxygen atoms in total. The van der Waals surface area contributed by atoms with Crippen molar-refractivity contribution in [3.05, 3.63) is 84.1 Å². The third-order valence-electron chi connectivity index (χ3n) is 5.05. The highest BCUT2D eigenvalue weighted by Gasteiger charge is 2.13. The molecule has 0 bridgehead atoms. The zero-order chi connectivity index (χ0) is 19.9. The van der Waals surface area contributed by atoms with Crippen molar-refractivity contribution in [3.63, 3.8) is 0 Å². The van der Waals surface area contributed by atoms with Crippen LogP contribution < -0.4 is 15.0 Å². The van der Waals surface area contributed by atoms with Gasteiger partial charge in [0.25, 0.3) is 5.91 Å². The summed E-state index contributed by atoms with van der Waals surface area (Å²) in [5.41, 5.74) is 3.52. The number of nitrogens with one attached hydrogen (secondary N) is 1. The quantitative estimate of drug-likeness (QED) is 0.653. The standard InChI is InChI=1S/C24H25N3O2/c28-24(26-21-10-7-11-22(17-21)27-14-5-2-6-15-27)20-12-13-25-23(16-20)29-18-19-8-3-1-4-9-19/h1,3-4,7-13,16-17H,2,5-6,14-15,18H2,(H,26,28). The molecule has 5 heteroatoms. The Morgan fingerprint density at radius 1 is 0.966 bits per heavy atom. The Morgan fingerprint density at radius 3 is 2.62 bits per heavy atom. The van der Waals surface area contributed by atoms with Gasteiger partial charge in [-0.15, -0.1) is 0 Å². The summed E-state index contributed by atoms with van der Waals surface area (Å²) in [7, 11) is 0. The van der Waals surface area contributed by atoms with Crippen molar-refractivity contribution in [1.82, 2.24) is 4.98 Å². The summed E-state index contributed by atoms with van der Waals surface area (Å²) in [6.45, 7) is 2.56. The minimum atomic E-state index is -0.173. The molecular weight excluding hydrogens is 362 g/mol. The molecule has 1 saturated heterocycles. The first kappa shape index (κ1) is 19.0. The Labute approximate surface area is 171 Å². The second-order valence-electron chi connectivity index (χ2n) is 7.21. The number of anilines is 2. The molecule has 29 heavy (non-hydrogen) atoms. The lowest BCUT2D eigenvalue weighted by molar-refractivity contribution is 0.102. The van der Waals surface area contributed by atoms with Crippen LogP contribution >= 0.6 is 0 Å². The van der Waals surface area contributed by atoms with Crippen LogP contribution in [-0.4, -0.2) is 24.0 Å². The van der Waals surface area contributed by atoms with E-state index in [1.807, 2.05) is 48.5 Å². The highest BCUT2D eigenvalue weighted by molar-refractivity contribution is 6.04. The van der Waals surface area contributed by atoms with Crippen LogP contribution in [0.1, 0.15) is 35.2 Å². The van der Waals surface area contributed by atoms with Crippen LogP contribution in [0.15, 0.2) is 72.9 Å². The van der Waals surface area contributed by atoms with E-state index < -0.39 is 0 Å². The Bertz CT molecular complexity index is 953. The van der Waals surface area contributed by atoms with E-state index in [1.54, 1.807) is 18.3 Å². The molecule has 4 rings (SSSR count). The van der Waals surface area contributed by atoms with Gasteiger partial charge in [0, 0.05) is 42.3 Å². The molecule has 0 radical (unpaired) electrons. The summed E-state index contributed by atoms with van der Waals surface area (Å²) >= 11 is 0. The first-order valence-electron chi connectivity index (χ1n) is 10.1. The number of rotatable bonds is 6. The lowest BCUT2D eigenvalue weighted by Crippen LogP contribution is -2.29. The van der Waals surface area contributed by atoms with Crippen LogP contribution in [0.25, 0.3) is 0 Å². The van der Waals surface area contributed by atoms with Gasteiger partial charge in [-0.1, -0.05) is 36.4 Å². The van der Waals surface area contributed by atoms with E-state index in [-0.39, 0.29) is 5.91 Å². The third-order valence-corrected chi connectivity index (χ3v) is 5.05. The summed E-state index contributed by atoms with van der Waals surface area (Å²) in [5.74, 6) is 0.260. The molecule has 1 aromatic heterocycles. The molecule has 1 aliphatic heterocycles. The van der Waals surface area contributed by atoms with Gasteiger partial charge in [0.05, 0.1) is 0 Å². The SMILES string of the molecule is O=C(Nc1cccc(N2CCCCC2)c1)c1ccnc(OCc2ccccc2)c1. The maximum Gasteiger partial charge on any atom is 0.255 e. The molecule has 2 heterocycles. The van der Waals surface area contributed by atoms with Crippen molar-refractivity contribution in [2.45, 2.75) is 25.9 Å². The first-order valence-corrected chi connectivity index (χ1v) is 10.1. The number of pyridine rings is 1. The van der Waals surface area contributed by atoms with E-state index in [9.17, 15) is 4.79 Å². The van der Waals surface area contributed by atoms with Crippen LogP contribution in [0.5, 0.6) is 5.88 Å². The normalized spacial score (nSPS) is 13.7. The van der Waals surface area contributed by atoms with Gasteiger partial charge >= 0.3 is 0 Å². The summed E-state index contributed by atoms with van der Waals surface area (Å²) in [5, 5.41) is 2.99. The number of benzene rings is 2. The number of carbonyl (C=O) groups excluding carboxylic acids is 1. The van der Waals surface area contributed by atoms with Crippen molar-refractivity contribution in [2.75, 3.05) is 23.3 Å². The Hall–Kier alpha value is -3.34. The number of piperidine rings is 1. The van der Waals surface area contributed by atoms with Gasteiger partial charge in [0.2, 0.25) is 5.88 Å². The predicted octanol–water partition coefficient (Wildman–Crippen LogP) is 4.90. The molecule has 3 aromatic rings. The van der Waals surface area contributed by atoms with Crippen molar-refractivity contribution >= 4 is 17.3 Å². The largest absolute Gasteiger partial charge is 0.473 e. The van der Waals surface area contributed by atoms with Gasteiger partial charge in [-0.25, -0.2) is 4.98 Å². The van der Waals surface area contributed by atoms with Gasteiger partial charge in [0.15, 0.2) is 0 Å². The van der Waals surface area contributed by atoms with E-state index in [1.165, 1.54) is 19.3 Å². The molecule has 1 fully saturated rings. The van der Waals surface area contributed by atoms with Crippen LogP contribution in [0.2, 0.25) is 0 Å². The van der Waals surface area contributed by atoms with Gasteiger partial charge in [-0.05, 0) is 49.1 Å². The summed E-state index contributed by atoms with van der Waals surface area (Å²) in [6.07, 6.45) is 5.34. The van der Waals surface area contributed by atoms with Gasteiger partial charge < -0.3 is 15.0 Å². The fourth-order valence-electron chi connectivity index (χ4n) is 3.50. The molecule has 1 N–H and O–H groups in total. The summed E-state index contributed by atoms with van der Waals surface area (Å²) in [6, 6.07) is 21.3. The van der Waals surface area contributed by atoms with Crippen molar-refractivity contribution in [1.29, 1.82) is 0 Å². The minimum Gasteiger partial charge on any atom is -0.473 e. The van der Waals surface area contributed by atoms with E-state index in [2.05, 4.69) is 21.3 Å². The maximum absolute atomic E-state index is 12.7. The second kappa shape index (κ2) is 9.24. The van der Waals surface area contributed by atoms with E-state index >= 15 is 0 Å². The molecule has 0 atom stereocenters. The summed E-state index contributed by atoms with van der Waals surface area (Å²) in [4.78, 5) is 19.3. The Balaban J connectivity index is 1.40. The number of amides is 1. The highest BCUT2D eigenvalue weighted by Crippen LogP contribution is 2.23. The molecule has 1 amide bonds. The lowest BCUT2D eigenvalue weighted by atomic mass is 10.1. The van der Waals surface area contributed by atoms with Crippen molar-refractivity contribution in [3.8, 4) is 5.88 Å². The van der Waals surface area contributed by atoms with Crippen molar-refractivity contribution < 1.29 is 9.53 Å². The van der Waals surface area contributed by atoms with Gasteiger partial charge in [0.1, 0.15) is 6.61 Å². The van der Waals surface area contributed by atoms with E-state index in [0.717, 1.165) is 30.0 Å². The smallest absolute Gasteiger partial charge is 0.255 e. The number of carbonyl (C=O) groups is 1. The molecular formula is C24H25N3O2. The molecule has 2 aromatic carbocycles. The van der Waals surface area contributed by atoms with E-state index in [0.29, 0.717) is 18.1 Å². The first-order chi connectivity index (χ1) is 14.3. The fraction of sp³-hybridized carbons (Fsp3) is 0.250. The Morgan fingerprint density at radius 2 is 1.79 bits per heavy atom. The molecule has 1 aliphatic rings. The summed E-state index contributed by atoms with van der Waals surface area (Å²) < 4.78 is 5.73. The van der Waals surface area contributed by atoms with Gasteiger partial charge in [-0.3, -0.25) is 4.79 Å². The zero-order valence-corrected chi connectivity index (χ0v) is 16.4. The van der Waals surface area contributed by atoms with Crippen LogP contribution in [0.3, 0.4) is 0 Å². The average Bonchev–Trinajstić information content (AvgIpc) is 2.79. The second-order valence-corrected chi connectivity index (χ2v) is 7.21. The number of ether oxygens (including phenoxy) is 1. The highest BCUT2D eigenvalue weighted by atomic mass is 16.5. The number of nitrogens with zero attached hydrogens (tertiary/aromatic N) is 2. The fourth-order valence-corrected chi connectivity index (χ4v) is 3.50. The van der Waals surface area contributed by atoms with E-state index in [4.69, 9.17) is 4.74 Å². The van der Waals surface area contributed by atoms with Crippen LogP contribution in [0.4, 0.5) is 11.4 Å². The van der Waals surface area contributed by atoms with Crippen LogP contribution in [0, 0.1) is 0 Å². The molecule has 0 spiro atoms. The number of aromatic nitrogens is 1. The molecule has 0 aliphatic carbocycles. The average molecular weight is 387 g/mol. The zero-order valence-electron chi connectivity index (χ0n) is 16.4. The Kier molecular flexibility index (Phi) is 6.05. The molecule has 0 saturated carbocycles. The maximum atomic E-state index is 12.7.